The summed E-state index contributed by atoms with van der Waals surface area (Å²) >= 11 is 0. The Morgan fingerprint density at radius 2 is 1.89 bits per heavy atom. The van der Waals surface area contributed by atoms with Crippen LogP contribution in [0.25, 0.3) is 0 Å². The van der Waals surface area contributed by atoms with Gasteiger partial charge in [-0.2, -0.15) is 10.1 Å². The van der Waals surface area contributed by atoms with Gasteiger partial charge in [0.15, 0.2) is 5.82 Å². The number of nitrogens with one attached hydrogen (secondary N) is 3. The summed E-state index contributed by atoms with van der Waals surface area (Å²) in [5.74, 6) is 5.87. The van der Waals surface area contributed by atoms with Crippen molar-refractivity contribution in [3.8, 4) is 11.8 Å². The minimum atomic E-state index is -0.520. The number of rotatable bonds is 8. The predicted molar refractivity (Wildman–Crippen MR) is 147 cm³/mol. The zero-order valence-corrected chi connectivity index (χ0v) is 21.2. The first-order valence-corrected chi connectivity index (χ1v) is 11.7. The van der Waals surface area contributed by atoms with Crippen LogP contribution in [-0.4, -0.2) is 51.2 Å². The van der Waals surface area contributed by atoms with Crippen LogP contribution in [0.4, 0.5) is 33.2 Å². The third-order valence-electron chi connectivity index (χ3n) is 5.09. The first-order chi connectivity index (χ1) is 18.4. The Labute approximate surface area is 220 Å². The largest absolute Gasteiger partial charge is 0.337 e. The number of hydrogen-bond donors (Lipinski definition) is 3. The topological polar surface area (TPSA) is 100 Å². The fraction of sp³-hybridized carbons (Fsp3) is 0.143. The van der Waals surface area contributed by atoms with Crippen LogP contribution in [0, 0.1) is 17.7 Å². The van der Waals surface area contributed by atoms with Gasteiger partial charge in [0.1, 0.15) is 5.82 Å². The van der Waals surface area contributed by atoms with Gasteiger partial charge in [-0.15, -0.1) is 0 Å². The van der Waals surface area contributed by atoms with E-state index in [1.807, 2.05) is 49.3 Å². The summed E-state index contributed by atoms with van der Waals surface area (Å²) < 4.78 is 16.5. The normalized spacial score (nSPS) is 10.8. The maximum atomic E-state index is 14.8. The third-order valence-corrected chi connectivity index (χ3v) is 5.09. The second-order valence-electron chi connectivity index (χ2n) is 8.57. The minimum absolute atomic E-state index is 0.119. The van der Waals surface area contributed by atoms with Crippen LogP contribution in [0.3, 0.4) is 0 Å². The van der Waals surface area contributed by atoms with Crippen LogP contribution in [-0.2, 0) is 11.8 Å². The van der Waals surface area contributed by atoms with Gasteiger partial charge < -0.3 is 20.9 Å². The lowest BCUT2D eigenvalue weighted by molar-refractivity contribution is -0.111. The number of likely N-dealkylation sites (N-methyl/N-ethyl adjacent to an activating group) is 1. The second kappa shape index (κ2) is 12.3. The maximum absolute atomic E-state index is 14.8. The van der Waals surface area contributed by atoms with Crippen LogP contribution in [0.1, 0.15) is 11.1 Å². The molecule has 0 aliphatic rings. The molecule has 0 fully saturated rings. The Bertz CT molecular complexity index is 1500. The van der Waals surface area contributed by atoms with E-state index in [4.69, 9.17) is 0 Å². The molecule has 38 heavy (non-hydrogen) atoms. The summed E-state index contributed by atoms with van der Waals surface area (Å²) in [6.07, 6.45) is 8.15. The molecule has 10 heteroatoms. The Morgan fingerprint density at radius 3 is 2.63 bits per heavy atom. The molecule has 2 aromatic carbocycles. The van der Waals surface area contributed by atoms with Gasteiger partial charge >= 0.3 is 0 Å². The van der Waals surface area contributed by atoms with Crippen molar-refractivity contribution in [3.05, 3.63) is 96.2 Å². The number of aromatic nitrogens is 4. The Balaban J connectivity index is 1.62. The summed E-state index contributed by atoms with van der Waals surface area (Å²) in [5.41, 5.74) is 2.52. The van der Waals surface area contributed by atoms with Crippen LogP contribution < -0.4 is 16.0 Å². The summed E-state index contributed by atoms with van der Waals surface area (Å²) in [5, 5.41) is 13.0. The first kappa shape index (κ1) is 26.1. The highest BCUT2D eigenvalue weighted by Crippen LogP contribution is 2.26. The molecular formula is C28H27FN8O. The average Bonchev–Trinajstić information content (AvgIpc) is 3.30. The highest BCUT2D eigenvalue weighted by molar-refractivity contribution is 5.99. The molecule has 0 unspecified atom stereocenters. The van der Waals surface area contributed by atoms with Crippen LogP contribution in [0.2, 0.25) is 0 Å². The van der Waals surface area contributed by atoms with Gasteiger partial charge in [-0.3, -0.25) is 9.48 Å². The SMILES string of the molecule is CN(C)C/C=C/C(=O)Nc1ccc(F)c(Nc2nc(Nc3cnn(C)c3)ncc2C#Cc2ccccc2)c1. The maximum Gasteiger partial charge on any atom is 0.248 e. The number of aryl methyl sites for hydroxylation is 1. The Kier molecular flexibility index (Phi) is 8.43. The van der Waals surface area contributed by atoms with Gasteiger partial charge in [0.25, 0.3) is 0 Å². The van der Waals surface area contributed by atoms with Crippen LogP contribution in [0.15, 0.2) is 79.3 Å². The summed E-state index contributed by atoms with van der Waals surface area (Å²) in [6.45, 7) is 0.625. The van der Waals surface area contributed by atoms with E-state index >= 15 is 0 Å². The molecule has 0 saturated carbocycles. The number of nitrogens with zero attached hydrogens (tertiary/aromatic N) is 5. The van der Waals surface area contributed by atoms with Crippen molar-refractivity contribution >= 4 is 34.7 Å². The zero-order chi connectivity index (χ0) is 26.9. The van der Waals surface area contributed by atoms with Gasteiger partial charge in [0.2, 0.25) is 11.9 Å². The average molecular weight is 511 g/mol. The molecular weight excluding hydrogens is 483 g/mol. The van der Waals surface area contributed by atoms with Crippen LogP contribution in [0.5, 0.6) is 0 Å². The lowest BCUT2D eigenvalue weighted by Crippen LogP contribution is -2.13. The Morgan fingerprint density at radius 1 is 1.08 bits per heavy atom. The summed E-state index contributed by atoms with van der Waals surface area (Å²) in [7, 11) is 5.61. The molecule has 4 rings (SSSR count). The molecule has 0 bridgehead atoms. The van der Waals surface area contributed by atoms with Gasteiger partial charge in [0.05, 0.1) is 29.3 Å². The fourth-order valence-electron chi connectivity index (χ4n) is 3.29. The highest BCUT2D eigenvalue weighted by atomic mass is 19.1. The standard InChI is InChI=1S/C28H27FN8O/c1-36(2)15-7-10-26(38)32-22-13-14-24(29)25(16-22)34-27-21(12-11-20-8-5-4-6-9-20)17-30-28(35-27)33-23-18-31-37(3)19-23/h4-10,13-14,16-19H,15H2,1-3H3,(H,32,38)(H2,30,33,34,35)/b10-7+. The van der Waals surface area contributed by atoms with E-state index in [1.54, 1.807) is 36.4 Å². The number of anilines is 5. The number of benzene rings is 2. The number of amides is 1. The quantitative estimate of drug-likeness (QED) is 0.240. The van der Waals surface area contributed by atoms with E-state index in [-0.39, 0.29) is 17.5 Å². The van der Waals surface area contributed by atoms with Crippen molar-refractivity contribution in [3.63, 3.8) is 0 Å². The molecule has 9 nitrogen and oxygen atoms in total. The van der Waals surface area contributed by atoms with Gasteiger partial charge in [-0.25, -0.2) is 9.37 Å². The van der Waals surface area contributed by atoms with Crippen molar-refractivity contribution in [1.29, 1.82) is 0 Å². The van der Waals surface area contributed by atoms with Gasteiger partial charge in [-0.1, -0.05) is 36.1 Å². The monoisotopic (exact) mass is 510 g/mol. The number of hydrogen-bond acceptors (Lipinski definition) is 7. The molecule has 0 aliphatic heterocycles. The number of carbonyl (C=O) groups is 1. The lowest BCUT2D eigenvalue weighted by Gasteiger charge is -2.12. The molecule has 4 aromatic rings. The van der Waals surface area contributed by atoms with Crippen molar-refractivity contribution in [2.75, 3.05) is 36.6 Å². The number of halogens is 1. The van der Waals surface area contributed by atoms with E-state index < -0.39 is 5.82 Å². The van der Waals surface area contributed by atoms with Crippen molar-refractivity contribution in [2.45, 2.75) is 0 Å². The van der Waals surface area contributed by atoms with Gasteiger partial charge in [-0.05, 0) is 44.4 Å². The van der Waals surface area contributed by atoms with Crippen molar-refractivity contribution in [2.24, 2.45) is 7.05 Å². The molecule has 3 N–H and O–H groups in total. The molecule has 1 amide bonds. The van der Waals surface area contributed by atoms with E-state index in [2.05, 4.69) is 42.9 Å². The highest BCUT2D eigenvalue weighted by Gasteiger charge is 2.12. The Hall–Kier alpha value is -5.01. The third kappa shape index (κ3) is 7.49. The molecule has 0 saturated heterocycles. The van der Waals surface area contributed by atoms with E-state index in [0.717, 1.165) is 5.56 Å². The number of carbonyl (C=O) groups excluding carboxylic acids is 1. The second-order valence-corrected chi connectivity index (χ2v) is 8.57. The fourth-order valence-corrected chi connectivity index (χ4v) is 3.29. The predicted octanol–water partition coefficient (Wildman–Crippen LogP) is 4.29. The first-order valence-electron chi connectivity index (χ1n) is 11.7. The molecule has 0 radical (unpaired) electrons. The van der Waals surface area contributed by atoms with Crippen LogP contribution >= 0.6 is 0 Å². The minimum Gasteiger partial charge on any atom is -0.337 e. The van der Waals surface area contributed by atoms with Crippen molar-refractivity contribution in [1.82, 2.24) is 24.6 Å². The molecule has 0 spiro atoms. The van der Waals surface area contributed by atoms with Gasteiger partial charge in [0, 0.05) is 37.1 Å². The molecule has 2 aromatic heterocycles. The molecule has 0 atom stereocenters. The van der Waals surface area contributed by atoms with E-state index in [9.17, 15) is 9.18 Å². The van der Waals surface area contributed by atoms with E-state index in [0.29, 0.717) is 29.3 Å². The lowest BCUT2D eigenvalue weighted by atomic mass is 10.2. The van der Waals surface area contributed by atoms with Crippen molar-refractivity contribution < 1.29 is 9.18 Å². The molecule has 0 aliphatic carbocycles. The smallest absolute Gasteiger partial charge is 0.248 e. The van der Waals surface area contributed by atoms with E-state index in [1.165, 1.54) is 24.3 Å². The molecule has 2 heterocycles. The summed E-state index contributed by atoms with van der Waals surface area (Å²) in [6, 6.07) is 13.7. The zero-order valence-electron chi connectivity index (χ0n) is 21.2. The summed E-state index contributed by atoms with van der Waals surface area (Å²) in [4.78, 5) is 23.1. The molecule has 192 valence electrons.